The van der Waals surface area contributed by atoms with Crippen molar-refractivity contribution in [3.63, 3.8) is 0 Å². The van der Waals surface area contributed by atoms with Gasteiger partial charge in [0.1, 0.15) is 5.75 Å². The van der Waals surface area contributed by atoms with Crippen LogP contribution in [0.15, 0.2) is 42.6 Å². The van der Waals surface area contributed by atoms with Crippen molar-refractivity contribution in [2.24, 2.45) is 0 Å². The second kappa shape index (κ2) is 5.86. The first kappa shape index (κ1) is 12.9. The van der Waals surface area contributed by atoms with E-state index in [-0.39, 0.29) is 18.3 Å². The van der Waals surface area contributed by atoms with Gasteiger partial charge in [-0.05, 0) is 36.4 Å². The molecule has 19 heavy (non-hydrogen) atoms. The zero-order chi connectivity index (χ0) is 13.7. The molecule has 0 unspecified atom stereocenters. The average Bonchev–Trinajstić information content (AvgIpc) is 2.91. The van der Waals surface area contributed by atoms with E-state index in [9.17, 15) is 9.59 Å². The first-order valence-corrected chi connectivity index (χ1v) is 5.82. The van der Waals surface area contributed by atoms with Gasteiger partial charge >= 0.3 is 0 Å². The van der Waals surface area contributed by atoms with Crippen LogP contribution in [-0.4, -0.2) is 23.3 Å². The van der Waals surface area contributed by atoms with E-state index in [1.54, 1.807) is 42.6 Å². The number of carbonyl (C=O) groups is 2. The Morgan fingerprint density at radius 2 is 1.95 bits per heavy atom. The molecule has 0 bridgehead atoms. The van der Waals surface area contributed by atoms with E-state index in [1.165, 1.54) is 6.92 Å². The lowest BCUT2D eigenvalue weighted by Gasteiger charge is -2.06. The monoisotopic (exact) mass is 258 g/mol. The highest BCUT2D eigenvalue weighted by atomic mass is 16.5. The van der Waals surface area contributed by atoms with Crippen LogP contribution in [0.25, 0.3) is 0 Å². The van der Waals surface area contributed by atoms with E-state index in [2.05, 4.69) is 10.3 Å². The number of anilines is 1. The fraction of sp³-hybridized carbons (Fsp3) is 0.143. The number of amides is 1. The van der Waals surface area contributed by atoms with Crippen LogP contribution < -0.4 is 10.1 Å². The molecule has 1 amide bonds. The maximum Gasteiger partial charge on any atom is 0.221 e. The molecule has 5 nitrogen and oxygen atoms in total. The molecular formula is C14H14N2O3. The smallest absolute Gasteiger partial charge is 0.221 e. The molecule has 0 saturated carbocycles. The summed E-state index contributed by atoms with van der Waals surface area (Å²) in [5, 5.41) is 2.65. The lowest BCUT2D eigenvalue weighted by molar-refractivity contribution is -0.114. The fourth-order valence-corrected chi connectivity index (χ4v) is 1.57. The third-order valence-electron chi connectivity index (χ3n) is 2.44. The van der Waals surface area contributed by atoms with Crippen molar-refractivity contribution < 1.29 is 14.3 Å². The second-order valence-corrected chi connectivity index (χ2v) is 4.00. The van der Waals surface area contributed by atoms with Gasteiger partial charge in [-0.3, -0.25) is 9.59 Å². The number of benzene rings is 1. The van der Waals surface area contributed by atoms with Crippen molar-refractivity contribution in [3.05, 3.63) is 48.3 Å². The van der Waals surface area contributed by atoms with E-state index in [1.807, 2.05) is 0 Å². The molecule has 2 aromatic rings. The molecule has 2 rings (SSSR count). The van der Waals surface area contributed by atoms with Crippen LogP contribution in [0, 0.1) is 0 Å². The van der Waals surface area contributed by atoms with Crippen molar-refractivity contribution in [1.82, 2.24) is 4.98 Å². The summed E-state index contributed by atoms with van der Waals surface area (Å²) in [5.41, 5.74) is 1.21. The lowest BCUT2D eigenvalue weighted by atomic mass is 10.3. The highest BCUT2D eigenvalue weighted by Crippen LogP contribution is 2.15. The quantitative estimate of drug-likeness (QED) is 0.808. The van der Waals surface area contributed by atoms with Gasteiger partial charge in [0.2, 0.25) is 11.7 Å². The molecule has 5 heteroatoms. The molecular weight excluding hydrogens is 244 g/mol. The van der Waals surface area contributed by atoms with Crippen LogP contribution in [0.3, 0.4) is 0 Å². The Bertz CT molecular complexity index is 559. The Kier molecular flexibility index (Phi) is 3.97. The summed E-state index contributed by atoms with van der Waals surface area (Å²) in [6.45, 7) is 1.42. The van der Waals surface area contributed by atoms with Crippen molar-refractivity contribution in [2.75, 3.05) is 11.9 Å². The number of Topliss-reactive ketones (excluding diaryl/α,β-unsaturated/α-hetero) is 1. The lowest BCUT2D eigenvalue weighted by Crippen LogP contribution is -2.12. The van der Waals surface area contributed by atoms with Gasteiger partial charge in [0.15, 0.2) is 6.61 Å². The molecule has 0 aliphatic heterocycles. The van der Waals surface area contributed by atoms with E-state index in [4.69, 9.17) is 4.74 Å². The summed E-state index contributed by atoms with van der Waals surface area (Å²) in [4.78, 5) is 25.4. The van der Waals surface area contributed by atoms with Crippen LogP contribution in [0.4, 0.5) is 5.69 Å². The standard InChI is InChI=1S/C14H14N2O3/c1-10(17)16-11-4-6-12(7-5-11)19-9-14(18)13-3-2-8-15-13/h2-8,15H,9H2,1H3,(H,16,17). The van der Waals surface area contributed by atoms with Gasteiger partial charge < -0.3 is 15.0 Å². The molecule has 0 aliphatic rings. The largest absolute Gasteiger partial charge is 0.485 e. The molecule has 0 radical (unpaired) electrons. The SMILES string of the molecule is CC(=O)Nc1ccc(OCC(=O)c2ccc[nH]2)cc1. The van der Waals surface area contributed by atoms with Crippen molar-refractivity contribution in [2.45, 2.75) is 6.92 Å². The van der Waals surface area contributed by atoms with Gasteiger partial charge in [0.25, 0.3) is 0 Å². The molecule has 98 valence electrons. The average molecular weight is 258 g/mol. The molecule has 0 spiro atoms. The number of ether oxygens (including phenoxy) is 1. The predicted octanol–water partition coefficient (Wildman–Crippen LogP) is 2.23. The number of aromatic nitrogens is 1. The number of hydrogen-bond donors (Lipinski definition) is 2. The van der Waals surface area contributed by atoms with E-state index in [0.29, 0.717) is 17.1 Å². The van der Waals surface area contributed by atoms with Gasteiger partial charge in [0, 0.05) is 18.8 Å². The van der Waals surface area contributed by atoms with Crippen molar-refractivity contribution in [3.8, 4) is 5.75 Å². The topological polar surface area (TPSA) is 71.2 Å². The number of H-pyrrole nitrogens is 1. The van der Waals surface area contributed by atoms with Crippen molar-refractivity contribution in [1.29, 1.82) is 0 Å². The Hall–Kier alpha value is -2.56. The summed E-state index contributed by atoms with van der Waals surface area (Å²) in [6.07, 6.45) is 1.69. The number of nitrogens with one attached hydrogen (secondary N) is 2. The highest BCUT2D eigenvalue weighted by Gasteiger charge is 2.07. The number of rotatable bonds is 5. The van der Waals surface area contributed by atoms with Crippen LogP contribution in [0.2, 0.25) is 0 Å². The van der Waals surface area contributed by atoms with Crippen LogP contribution in [-0.2, 0) is 4.79 Å². The van der Waals surface area contributed by atoms with Crippen LogP contribution in [0.1, 0.15) is 17.4 Å². The predicted molar refractivity (Wildman–Crippen MR) is 71.4 cm³/mol. The molecule has 0 atom stereocenters. The Balaban J connectivity index is 1.89. The third kappa shape index (κ3) is 3.70. The number of hydrogen-bond acceptors (Lipinski definition) is 3. The molecule has 1 heterocycles. The Morgan fingerprint density at radius 3 is 2.53 bits per heavy atom. The Morgan fingerprint density at radius 1 is 1.21 bits per heavy atom. The van der Waals surface area contributed by atoms with E-state index in [0.717, 1.165) is 0 Å². The Labute approximate surface area is 110 Å². The normalized spacial score (nSPS) is 9.95. The number of carbonyl (C=O) groups excluding carboxylic acids is 2. The summed E-state index contributed by atoms with van der Waals surface area (Å²) >= 11 is 0. The molecule has 0 saturated heterocycles. The molecule has 1 aromatic carbocycles. The zero-order valence-corrected chi connectivity index (χ0v) is 10.5. The maximum atomic E-state index is 11.7. The highest BCUT2D eigenvalue weighted by molar-refractivity contribution is 5.95. The van der Waals surface area contributed by atoms with Gasteiger partial charge in [-0.2, -0.15) is 0 Å². The minimum absolute atomic E-state index is 0.0278. The van der Waals surface area contributed by atoms with E-state index >= 15 is 0 Å². The third-order valence-corrected chi connectivity index (χ3v) is 2.44. The van der Waals surface area contributed by atoms with Crippen LogP contribution >= 0.6 is 0 Å². The molecule has 0 aliphatic carbocycles. The first-order valence-electron chi connectivity index (χ1n) is 5.82. The maximum absolute atomic E-state index is 11.7. The molecule has 2 N–H and O–H groups in total. The molecule has 0 fully saturated rings. The molecule has 1 aromatic heterocycles. The van der Waals surface area contributed by atoms with E-state index < -0.39 is 0 Å². The summed E-state index contributed by atoms with van der Waals surface area (Å²) in [7, 11) is 0. The second-order valence-electron chi connectivity index (χ2n) is 4.00. The van der Waals surface area contributed by atoms with Gasteiger partial charge in [-0.15, -0.1) is 0 Å². The zero-order valence-electron chi connectivity index (χ0n) is 10.5. The van der Waals surface area contributed by atoms with Gasteiger partial charge in [-0.25, -0.2) is 0 Å². The first-order chi connectivity index (χ1) is 9.15. The summed E-state index contributed by atoms with van der Waals surface area (Å²) < 4.78 is 5.37. The fourth-order valence-electron chi connectivity index (χ4n) is 1.57. The number of ketones is 1. The van der Waals surface area contributed by atoms with Gasteiger partial charge in [0.05, 0.1) is 5.69 Å². The minimum atomic E-state index is -0.129. The van der Waals surface area contributed by atoms with Crippen LogP contribution in [0.5, 0.6) is 5.75 Å². The van der Waals surface area contributed by atoms with Crippen molar-refractivity contribution >= 4 is 17.4 Å². The summed E-state index contributed by atoms with van der Waals surface area (Å²) in [5.74, 6) is 0.334. The minimum Gasteiger partial charge on any atom is -0.485 e. The number of aromatic amines is 1. The summed E-state index contributed by atoms with van der Waals surface area (Å²) in [6, 6.07) is 10.3. The van der Waals surface area contributed by atoms with Gasteiger partial charge in [-0.1, -0.05) is 0 Å².